The van der Waals surface area contributed by atoms with Gasteiger partial charge in [0.1, 0.15) is 10.8 Å². The molecule has 1 aromatic carbocycles. The van der Waals surface area contributed by atoms with Crippen molar-refractivity contribution in [2.45, 2.75) is 42.4 Å². The number of carbonyl (C=O) groups excluding carboxylic acids is 2. The van der Waals surface area contributed by atoms with Crippen molar-refractivity contribution in [2.75, 3.05) is 6.61 Å². The normalized spacial score (nSPS) is 21.5. The number of rotatable bonds is 8. The van der Waals surface area contributed by atoms with E-state index in [1.807, 2.05) is 47.2 Å². The summed E-state index contributed by atoms with van der Waals surface area (Å²) in [6, 6.07) is 14.6. The van der Waals surface area contributed by atoms with Gasteiger partial charge in [-0.15, -0.1) is 11.8 Å². The minimum absolute atomic E-state index is 0.0966. The number of carbonyl (C=O) groups is 2. The van der Waals surface area contributed by atoms with E-state index in [2.05, 4.69) is 19.2 Å². The number of hydrogen-bond donors (Lipinski definition) is 1. The van der Waals surface area contributed by atoms with Crippen LogP contribution in [-0.2, 0) is 15.1 Å². The highest BCUT2D eigenvalue weighted by Crippen LogP contribution is 2.41. The molecule has 3 unspecified atom stereocenters. The number of thiophene rings is 1. The number of piperidine rings is 1. The molecule has 8 heteroatoms. The van der Waals surface area contributed by atoms with E-state index in [1.165, 1.54) is 23.1 Å². The second kappa shape index (κ2) is 10.3. The van der Waals surface area contributed by atoms with Crippen LogP contribution in [0.25, 0.3) is 0 Å². The first kappa shape index (κ1) is 23.8. The molecule has 1 amide bonds. The molecule has 1 saturated heterocycles. The predicted octanol–water partition coefficient (Wildman–Crippen LogP) is 5.71. The highest BCUT2D eigenvalue weighted by molar-refractivity contribution is 8.01. The van der Waals surface area contributed by atoms with Crippen LogP contribution in [-0.4, -0.2) is 28.5 Å². The van der Waals surface area contributed by atoms with Gasteiger partial charge in [-0.1, -0.05) is 50.1 Å². The number of amides is 1. The molecule has 4 rings (SSSR count). The van der Waals surface area contributed by atoms with E-state index in [0.717, 1.165) is 12.0 Å². The number of benzene rings is 1. The molecular formula is C25H25ClN2O3S2. The topological polar surface area (TPSA) is 68.3 Å². The molecule has 2 aromatic heterocycles. The molecule has 0 aliphatic carbocycles. The van der Waals surface area contributed by atoms with E-state index >= 15 is 0 Å². The lowest BCUT2D eigenvalue weighted by molar-refractivity contribution is -0.133. The lowest BCUT2D eigenvalue weighted by atomic mass is 9.79. The molecule has 3 atom stereocenters. The number of halogens is 1. The summed E-state index contributed by atoms with van der Waals surface area (Å²) in [6.07, 6.45) is 1.10. The standard InChI is InChI=1S/C25H25ClN2O3S2/c1-3-16(2)14-31-22-10-6-9-21(27-22)25(17-11-12-32-15-17)13-19(29)23(24(30)28-25)33-20-8-5-4-7-18(20)26/h4-12,15-16,23H,3,13-14H2,1-2H3,(H,28,30). The van der Waals surface area contributed by atoms with Gasteiger partial charge in [0.2, 0.25) is 11.8 Å². The van der Waals surface area contributed by atoms with E-state index in [4.69, 9.17) is 21.3 Å². The molecule has 0 bridgehead atoms. The number of pyridine rings is 1. The number of ether oxygens (including phenoxy) is 1. The lowest BCUT2D eigenvalue weighted by Gasteiger charge is -2.39. The van der Waals surface area contributed by atoms with Crippen LogP contribution in [0.4, 0.5) is 0 Å². The molecule has 0 saturated carbocycles. The van der Waals surface area contributed by atoms with Crippen LogP contribution in [0.1, 0.15) is 37.9 Å². The molecule has 5 nitrogen and oxygen atoms in total. The quantitative estimate of drug-likeness (QED) is 0.401. The molecule has 33 heavy (non-hydrogen) atoms. The molecule has 1 aliphatic rings. The number of ketones is 1. The molecule has 1 fully saturated rings. The Labute approximate surface area is 206 Å². The summed E-state index contributed by atoms with van der Waals surface area (Å²) in [7, 11) is 0. The Balaban J connectivity index is 1.65. The highest BCUT2D eigenvalue weighted by atomic mass is 35.5. The third kappa shape index (κ3) is 5.10. The first-order valence-corrected chi connectivity index (χ1v) is 13.0. The number of nitrogens with zero attached hydrogens (tertiary/aromatic N) is 1. The Kier molecular flexibility index (Phi) is 7.41. The van der Waals surface area contributed by atoms with E-state index in [0.29, 0.717) is 34.0 Å². The Morgan fingerprint density at radius 1 is 1.24 bits per heavy atom. The average Bonchev–Trinajstić information content (AvgIpc) is 3.36. The van der Waals surface area contributed by atoms with Crippen molar-refractivity contribution in [1.82, 2.24) is 10.3 Å². The summed E-state index contributed by atoms with van der Waals surface area (Å²) in [4.78, 5) is 32.1. The van der Waals surface area contributed by atoms with Crippen LogP contribution in [0, 0.1) is 5.92 Å². The van der Waals surface area contributed by atoms with Gasteiger partial charge in [0, 0.05) is 17.4 Å². The Hall–Kier alpha value is -2.35. The minimum atomic E-state index is -1.04. The molecule has 0 spiro atoms. The van der Waals surface area contributed by atoms with E-state index in [9.17, 15) is 9.59 Å². The van der Waals surface area contributed by atoms with Crippen molar-refractivity contribution >= 4 is 46.4 Å². The zero-order chi connectivity index (χ0) is 23.4. The van der Waals surface area contributed by atoms with Crippen LogP contribution >= 0.6 is 34.7 Å². The van der Waals surface area contributed by atoms with Gasteiger partial charge in [-0.3, -0.25) is 9.59 Å². The summed E-state index contributed by atoms with van der Waals surface area (Å²) in [5, 5.41) is 6.66. The van der Waals surface area contributed by atoms with Gasteiger partial charge in [-0.05, 0) is 46.5 Å². The van der Waals surface area contributed by atoms with Gasteiger partial charge < -0.3 is 10.1 Å². The van der Waals surface area contributed by atoms with Gasteiger partial charge in [0.25, 0.3) is 0 Å². The van der Waals surface area contributed by atoms with Crippen LogP contribution in [0.3, 0.4) is 0 Å². The van der Waals surface area contributed by atoms with E-state index < -0.39 is 10.8 Å². The fourth-order valence-corrected chi connectivity index (χ4v) is 5.64. The number of hydrogen-bond acceptors (Lipinski definition) is 6. The molecule has 3 aromatic rings. The third-order valence-electron chi connectivity index (χ3n) is 5.78. The summed E-state index contributed by atoms with van der Waals surface area (Å²) in [5.41, 5.74) is 0.383. The first-order chi connectivity index (χ1) is 15.9. The highest BCUT2D eigenvalue weighted by Gasteiger charge is 2.48. The molecule has 3 heterocycles. The molecule has 0 radical (unpaired) electrons. The van der Waals surface area contributed by atoms with Crippen molar-refractivity contribution < 1.29 is 14.3 Å². The molecular weight excluding hydrogens is 476 g/mol. The number of aromatic nitrogens is 1. The van der Waals surface area contributed by atoms with Crippen molar-refractivity contribution in [3.63, 3.8) is 0 Å². The average molecular weight is 501 g/mol. The van der Waals surface area contributed by atoms with Crippen LogP contribution < -0.4 is 10.1 Å². The fourth-order valence-electron chi connectivity index (χ4n) is 3.67. The number of nitrogens with one attached hydrogen (secondary N) is 1. The predicted molar refractivity (Wildman–Crippen MR) is 133 cm³/mol. The molecule has 172 valence electrons. The lowest BCUT2D eigenvalue weighted by Crippen LogP contribution is -2.58. The summed E-state index contributed by atoms with van der Waals surface area (Å²) < 4.78 is 5.89. The van der Waals surface area contributed by atoms with E-state index in [-0.39, 0.29) is 18.1 Å². The fraction of sp³-hybridized carbons (Fsp3) is 0.320. The number of Topliss-reactive ketones (excluding diaryl/α,β-unsaturated/α-hetero) is 1. The van der Waals surface area contributed by atoms with Gasteiger partial charge in [-0.2, -0.15) is 11.3 Å². The SMILES string of the molecule is CCC(C)COc1cccc(C2(c3ccsc3)CC(=O)C(Sc3ccccc3Cl)C(=O)N2)n1. The van der Waals surface area contributed by atoms with Gasteiger partial charge in [0.05, 0.1) is 17.3 Å². The number of thioether (sulfide) groups is 1. The maximum Gasteiger partial charge on any atom is 0.242 e. The van der Waals surface area contributed by atoms with Crippen molar-refractivity contribution in [3.8, 4) is 5.88 Å². The molecule has 1 N–H and O–H groups in total. The van der Waals surface area contributed by atoms with Crippen LogP contribution in [0.2, 0.25) is 5.02 Å². The summed E-state index contributed by atoms with van der Waals surface area (Å²) >= 11 is 8.96. The third-order valence-corrected chi connectivity index (χ3v) is 8.22. The second-order valence-electron chi connectivity index (χ2n) is 8.16. The van der Waals surface area contributed by atoms with Crippen molar-refractivity contribution in [1.29, 1.82) is 0 Å². The zero-order valence-electron chi connectivity index (χ0n) is 18.4. The van der Waals surface area contributed by atoms with Crippen LogP contribution in [0.15, 0.2) is 64.2 Å². The molecule has 1 aliphatic heterocycles. The first-order valence-electron chi connectivity index (χ1n) is 10.8. The van der Waals surface area contributed by atoms with Gasteiger partial charge >= 0.3 is 0 Å². The summed E-state index contributed by atoms with van der Waals surface area (Å²) in [5.74, 6) is 0.370. The van der Waals surface area contributed by atoms with Crippen LogP contribution in [0.5, 0.6) is 5.88 Å². The largest absolute Gasteiger partial charge is 0.477 e. The van der Waals surface area contributed by atoms with E-state index in [1.54, 1.807) is 12.1 Å². The second-order valence-corrected chi connectivity index (χ2v) is 10.5. The minimum Gasteiger partial charge on any atom is -0.477 e. The zero-order valence-corrected chi connectivity index (χ0v) is 20.8. The summed E-state index contributed by atoms with van der Waals surface area (Å²) in [6.45, 7) is 4.79. The van der Waals surface area contributed by atoms with Gasteiger partial charge in [-0.25, -0.2) is 4.98 Å². The Morgan fingerprint density at radius 3 is 2.76 bits per heavy atom. The maximum atomic E-state index is 13.4. The maximum absolute atomic E-state index is 13.4. The van der Waals surface area contributed by atoms with Crippen molar-refractivity contribution in [2.24, 2.45) is 5.92 Å². The monoisotopic (exact) mass is 500 g/mol. The Morgan fingerprint density at radius 2 is 2.06 bits per heavy atom. The Bertz CT molecular complexity index is 1120. The smallest absolute Gasteiger partial charge is 0.242 e. The van der Waals surface area contributed by atoms with Crippen molar-refractivity contribution in [3.05, 3.63) is 75.6 Å². The van der Waals surface area contributed by atoms with Gasteiger partial charge in [0.15, 0.2) is 5.78 Å².